The molecule has 174 valence electrons. The molecule has 0 aliphatic carbocycles. The van der Waals surface area contributed by atoms with Crippen molar-refractivity contribution < 1.29 is 19.8 Å². The molecule has 8 nitrogen and oxygen atoms in total. The fourth-order valence-corrected chi connectivity index (χ4v) is 3.94. The maximum absolute atomic E-state index is 11.2. The van der Waals surface area contributed by atoms with E-state index in [1.807, 2.05) is 72.8 Å². The average molecular weight is 459 g/mol. The molecule has 4 aromatic rings. The van der Waals surface area contributed by atoms with Crippen molar-refractivity contribution in [3.63, 3.8) is 0 Å². The second-order valence-electron chi connectivity index (χ2n) is 8.20. The Labute approximate surface area is 197 Å². The summed E-state index contributed by atoms with van der Waals surface area (Å²) in [5.74, 6) is -2.11. The number of hydrogen-bond donors (Lipinski definition) is 2. The number of carboxylic acids is 2. The van der Waals surface area contributed by atoms with Crippen molar-refractivity contribution in [1.82, 2.24) is 19.8 Å². The summed E-state index contributed by atoms with van der Waals surface area (Å²) in [4.78, 5) is 35.5. The average Bonchev–Trinajstić information content (AvgIpc) is 2.81. The lowest BCUT2D eigenvalue weighted by molar-refractivity contribution is -0.141. The number of para-hydroxylation sites is 2. The monoisotopic (exact) mass is 458 g/mol. The van der Waals surface area contributed by atoms with Crippen molar-refractivity contribution in [1.29, 1.82) is 0 Å². The van der Waals surface area contributed by atoms with Crippen LogP contribution >= 0.6 is 0 Å². The molecule has 0 unspecified atom stereocenters. The molecule has 0 fully saturated rings. The Morgan fingerprint density at radius 1 is 0.618 bits per heavy atom. The highest BCUT2D eigenvalue weighted by Gasteiger charge is 2.17. The fraction of sp³-hybridized carbons (Fsp3) is 0.231. The van der Waals surface area contributed by atoms with Gasteiger partial charge in [-0.1, -0.05) is 48.5 Å². The van der Waals surface area contributed by atoms with Gasteiger partial charge in [0.15, 0.2) is 0 Å². The Morgan fingerprint density at radius 3 is 1.53 bits per heavy atom. The molecule has 0 spiro atoms. The van der Waals surface area contributed by atoms with Crippen LogP contribution in [0.5, 0.6) is 0 Å². The minimum Gasteiger partial charge on any atom is -0.480 e. The van der Waals surface area contributed by atoms with E-state index in [1.54, 1.807) is 0 Å². The van der Waals surface area contributed by atoms with Gasteiger partial charge in [-0.15, -0.1) is 0 Å². The van der Waals surface area contributed by atoms with E-state index in [-0.39, 0.29) is 13.1 Å². The zero-order chi connectivity index (χ0) is 23.9. The zero-order valence-corrected chi connectivity index (χ0v) is 18.7. The summed E-state index contributed by atoms with van der Waals surface area (Å²) >= 11 is 0. The molecule has 34 heavy (non-hydrogen) atoms. The molecule has 0 bridgehead atoms. The van der Waals surface area contributed by atoms with Crippen LogP contribution < -0.4 is 0 Å². The Morgan fingerprint density at radius 2 is 1.06 bits per heavy atom. The number of fused-ring (bicyclic) bond motifs is 2. The van der Waals surface area contributed by atoms with Crippen LogP contribution in [0, 0.1) is 0 Å². The molecule has 0 aliphatic rings. The molecule has 0 radical (unpaired) electrons. The fourth-order valence-electron chi connectivity index (χ4n) is 3.94. The molecule has 0 atom stereocenters. The molecule has 2 heterocycles. The minimum absolute atomic E-state index is 0.291. The molecule has 0 aliphatic heterocycles. The first-order chi connectivity index (χ1) is 16.5. The molecule has 8 heteroatoms. The number of aliphatic carboxylic acids is 2. The van der Waals surface area contributed by atoms with Crippen LogP contribution in [-0.2, 0) is 22.7 Å². The van der Waals surface area contributed by atoms with Crippen LogP contribution in [0.1, 0.15) is 11.4 Å². The van der Waals surface area contributed by atoms with Crippen molar-refractivity contribution in [2.75, 3.05) is 26.2 Å². The van der Waals surface area contributed by atoms with Crippen molar-refractivity contribution in [2.24, 2.45) is 0 Å². The highest BCUT2D eigenvalue weighted by Crippen LogP contribution is 2.16. The van der Waals surface area contributed by atoms with E-state index < -0.39 is 11.9 Å². The van der Waals surface area contributed by atoms with Crippen LogP contribution in [0.3, 0.4) is 0 Å². The lowest BCUT2D eigenvalue weighted by Gasteiger charge is -2.26. The van der Waals surface area contributed by atoms with Gasteiger partial charge in [-0.05, 0) is 24.3 Å². The van der Waals surface area contributed by atoms with E-state index in [0.29, 0.717) is 26.2 Å². The van der Waals surface area contributed by atoms with Crippen LogP contribution in [0.15, 0.2) is 72.8 Å². The Kier molecular flexibility index (Phi) is 7.41. The second-order valence-corrected chi connectivity index (χ2v) is 8.20. The normalized spacial score (nSPS) is 11.5. The third kappa shape index (κ3) is 6.34. The van der Waals surface area contributed by atoms with E-state index in [4.69, 9.17) is 20.2 Å². The molecular weight excluding hydrogens is 432 g/mol. The number of carboxylic acid groups (broad SMARTS) is 2. The topological polar surface area (TPSA) is 107 Å². The lowest BCUT2D eigenvalue weighted by atomic mass is 10.2. The second kappa shape index (κ2) is 10.8. The smallest absolute Gasteiger partial charge is 0.317 e. The number of rotatable bonds is 11. The minimum atomic E-state index is -1.06. The largest absolute Gasteiger partial charge is 0.480 e. The van der Waals surface area contributed by atoms with E-state index in [1.165, 1.54) is 4.90 Å². The Bertz CT molecular complexity index is 1210. The van der Waals surface area contributed by atoms with Gasteiger partial charge in [-0.2, -0.15) is 0 Å². The van der Waals surface area contributed by atoms with E-state index in [2.05, 4.69) is 4.90 Å². The highest BCUT2D eigenvalue weighted by molar-refractivity contribution is 5.79. The highest BCUT2D eigenvalue weighted by atomic mass is 16.4. The van der Waals surface area contributed by atoms with E-state index >= 15 is 0 Å². The molecule has 0 saturated carbocycles. The summed E-state index contributed by atoms with van der Waals surface area (Å²) in [7, 11) is 0. The Hall–Kier alpha value is -3.88. The van der Waals surface area contributed by atoms with Crippen LogP contribution in [0.4, 0.5) is 0 Å². The van der Waals surface area contributed by atoms with Gasteiger partial charge in [0.1, 0.15) is 0 Å². The third-order valence-corrected chi connectivity index (χ3v) is 5.53. The maximum atomic E-state index is 11.2. The van der Waals surface area contributed by atoms with Crippen molar-refractivity contribution >= 4 is 33.7 Å². The van der Waals surface area contributed by atoms with Gasteiger partial charge in [0, 0.05) is 37.0 Å². The van der Waals surface area contributed by atoms with Gasteiger partial charge in [-0.25, -0.2) is 0 Å². The predicted molar refractivity (Wildman–Crippen MR) is 129 cm³/mol. The standard InChI is InChI=1S/C26H26N4O4/c31-25(32)17-30(18-26(33)34)14-13-29(15-21-11-9-19-5-1-3-7-23(19)27-21)16-22-12-10-20-6-2-4-8-24(20)28-22/h1-12H,13-18H2,(H,31,32)(H,33,34). The van der Waals surface area contributed by atoms with Gasteiger partial charge in [-0.3, -0.25) is 29.4 Å². The third-order valence-electron chi connectivity index (χ3n) is 5.53. The molecule has 2 N–H and O–H groups in total. The van der Waals surface area contributed by atoms with Crippen LogP contribution in [0.25, 0.3) is 21.8 Å². The molecule has 2 aromatic carbocycles. The first-order valence-electron chi connectivity index (χ1n) is 11.0. The van der Waals surface area contributed by atoms with Gasteiger partial charge in [0.05, 0.1) is 35.5 Å². The summed E-state index contributed by atoms with van der Waals surface area (Å²) < 4.78 is 0. The number of carbonyl (C=O) groups is 2. The zero-order valence-electron chi connectivity index (χ0n) is 18.7. The molecule has 2 aromatic heterocycles. The quantitative estimate of drug-likeness (QED) is 0.353. The summed E-state index contributed by atoms with van der Waals surface area (Å²) in [6.07, 6.45) is 0. The number of aromatic nitrogens is 2. The number of nitrogens with zero attached hydrogens (tertiary/aromatic N) is 4. The number of benzene rings is 2. The lowest BCUT2D eigenvalue weighted by Crippen LogP contribution is -2.40. The van der Waals surface area contributed by atoms with Crippen LogP contribution in [-0.4, -0.2) is 68.1 Å². The molecular formula is C26H26N4O4. The summed E-state index contributed by atoms with van der Waals surface area (Å²) in [5.41, 5.74) is 3.56. The van der Waals surface area contributed by atoms with Gasteiger partial charge in [0.25, 0.3) is 0 Å². The summed E-state index contributed by atoms with van der Waals surface area (Å²) in [6, 6.07) is 23.8. The number of hydrogen-bond acceptors (Lipinski definition) is 6. The number of pyridine rings is 2. The molecule has 0 amide bonds. The van der Waals surface area contributed by atoms with Crippen molar-refractivity contribution in [3.05, 3.63) is 84.2 Å². The maximum Gasteiger partial charge on any atom is 0.317 e. The Balaban J connectivity index is 1.55. The van der Waals surface area contributed by atoms with Crippen molar-refractivity contribution in [3.8, 4) is 0 Å². The van der Waals surface area contributed by atoms with E-state index in [0.717, 1.165) is 33.2 Å². The van der Waals surface area contributed by atoms with Crippen molar-refractivity contribution in [2.45, 2.75) is 13.1 Å². The van der Waals surface area contributed by atoms with Gasteiger partial charge >= 0.3 is 11.9 Å². The molecule has 0 saturated heterocycles. The SMILES string of the molecule is O=C(O)CN(CCN(Cc1ccc2ccccc2n1)Cc1ccc2ccccc2n1)CC(=O)O. The van der Waals surface area contributed by atoms with Gasteiger partial charge in [0.2, 0.25) is 0 Å². The first kappa shape index (κ1) is 23.3. The van der Waals surface area contributed by atoms with Gasteiger partial charge < -0.3 is 10.2 Å². The molecule has 4 rings (SSSR count). The first-order valence-corrected chi connectivity index (χ1v) is 11.0. The van der Waals surface area contributed by atoms with E-state index in [9.17, 15) is 9.59 Å². The summed E-state index contributed by atoms with van der Waals surface area (Å²) in [5, 5.41) is 20.4. The predicted octanol–water partition coefficient (Wildman–Crippen LogP) is 3.26. The summed E-state index contributed by atoms with van der Waals surface area (Å²) in [6.45, 7) is 1.13. The van der Waals surface area contributed by atoms with Crippen LogP contribution in [0.2, 0.25) is 0 Å².